The van der Waals surface area contributed by atoms with Crippen molar-refractivity contribution in [3.8, 4) is 0 Å². The second-order valence-electron chi connectivity index (χ2n) is 4.17. The summed E-state index contributed by atoms with van der Waals surface area (Å²) in [5, 5.41) is 16.9. The highest BCUT2D eigenvalue weighted by atomic mass is 16.6. The summed E-state index contributed by atoms with van der Waals surface area (Å²) in [6.07, 6.45) is 6.48. The van der Waals surface area contributed by atoms with Gasteiger partial charge in [-0.2, -0.15) is 4.57 Å². The Bertz CT molecular complexity index is 441. The molecule has 1 unspecified atom stereocenters. The zero-order valence-corrected chi connectivity index (χ0v) is 10.3. The van der Waals surface area contributed by atoms with Crippen LogP contribution in [0.4, 0.5) is 0 Å². The third-order valence-corrected chi connectivity index (χ3v) is 3.07. The molecule has 98 valence electrons. The Morgan fingerprint density at radius 1 is 1.72 bits per heavy atom. The van der Waals surface area contributed by atoms with Crippen molar-refractivity contribution >= 4 is 0 Å². The monoisotopic (exact) mass is 253 g/mol. The zero-order valence-electron chi connectivity index (χ0n) is 10.3. The molecule has 0 saturated heterocycles. The third-order valence-electron chi connectivity index (χ3n) is 3.07. The number of oxazole rings is 1. The molecule has 0 radical (unpaired) electrons. The largest absolute Gasteiger partial charge is 0.412 e. The average molecular weight is 253 g/mol. The van der Waals surface area contributed by atoms with Crippen molar-refractivity contribution in [2.45, 2.75) is 25.8 Å². The van der Waals surface area contributed by atoms with Gasteiger partial charge in [0.15, 0.2) is 18.1 Å². The first-order chi connectivity index (χ1) is 8.72. The molecule has 0 bridgehead atoms. The lowest BCUT2D eigenvalue weighted by Crippen LogP contribution is -2.43. The van der Waals surface area contributed by atoms with E-state index in [0.29, 0.717) is 25.3 Å². The lowest BCUT2D eigenvalue weighted by Gasteiger charge is -2.11. The zero-order chi connectivity index (χ0) is 13.0. The Morgan fingerprint density at radius 3 is 3.17 bits per heavy atom. The fourth-order valence-corrected chi connectivity index (χ4v) is 2.01. The fourth-order valence-electron chi connectivity index (χ4n) is 2.01. The predicted octanol–water partition coefficient (Wildman–Crippen LogP) is 0.547. The molecule has 1 aromatic rings. The van der Waals surface area contributed by atoms with E-state index in [9.17, 15) is 10.1 Å². The fraction of sp³-hybridized carbons (Fsp3) is 0.545. The van der Waals surface area contributed by atoms with E-state index in [2.05, 4.69) is 17.6 Å². The highest BCUT2D eigenvalue weighted by Crippen LogP contribution is 2.12. The number of nitrogens with zero attached hydrogens (tertiary/aromatic N) is 2. The van der Waals surface area contributed by atoms with Crippen LogP contribution in [-0.2, 0) is 0 Å². The predicted molar refractivity (Wildman–Crippen MR) is 62.9 cm³/mol. The summed E-state index contributed by atoms with van der Waals surface area (Å²) in [4.78, 5) is 10.5. The molecule has 1 aliphatic rings. The minimum atomic E-state index is -0.325. The van der Waals surface area contributed by atoms with Crippen LogP contribution in [0.15, 0.2) is 34.8 Å². The second-order valence-corrected chi connectivity index (χ2v) is 4.17. The highest BCUT2D eigenvalue weighted by molar-refractivity contribution is 5.10. The summed E-state index contributed by atoms with van der Waals surface area (Å²) in [6.45, 7) is 3.31. The second kappa shape index (κ2) is 5.52. The summed E-state index contributed by atoms with van der Waals surface area (Å²) in [7, 11) is 0. The van der Waals surface area contributed by atoms with Gasteiger partial charge in [0, 0.05) is 13.0 Å². The maximum atomic E-state index is 10.8. The summed E-state index contributed by atoms with van der Waals surface area (Å²) in [5.41, 5.74) is 0.238. The van der Waals surface area contributed by atoms with Gasteiger partial charge in [-0.3, -0.25) is 10.1 Å². The third kappa shape index (κ3) is 2.61. The molecule has 0 aliphatic carbocycles. The first kappa shape index (κ1) is 12.4. The number of nitrogens with one attached hydrogen (secondary N) is 2. The van der Waals surface area contributed by atoms with Crippen LogP contribution in [-0.4, -0.2) is 18.0 Å². The molecule has 0 spiro atoms. The van der Waals surface area contributed by atoms with Gasteiger partial charge in [0.05, 0.1) is 17.9 Å². The number of nitro groups is 1. The maximum Gasteiger partial charge on any atom is 0.334 e. The van der Waals surface area contributed by atoms with Gasteiger partial charge in [-0.1, -0.05) is 6.92 Å². The van der Waals surface area contributed by atoms with Crippen LogP contribution in [0.2, 0.25) is 0 Å². The standard InChI is InChI=1S/C11H17N4O3/c1-2-9(14-5-6-18-8-14)7-13-11-10(15(16)17)3-4-12-11/h5-6,8-9,12-13H,2-4,7H2,1H3/q+1. The molecular weight excluding hydrogens is 236 g/mol. The van der Waals surface area contributed by atoms with E-state index in [1.54, 1.807) is 12.7 Å². The topological polar surface area (TPSA) is 84.2 Å². The number of hydrogen-bond donors (Lipinski definition) is 2. The molecule has 0 saturated carbocycles. The molecule has 0 amide bonds. The Kier molecular flexibility index (Phi) is 3.81. The molecule has 2 N–H and O–H groups in total. The number of aromatic nitrogens is 1. The minimum Gasteiger partial charge on any atom is -0.412 e. The Labute approximate surface area is 105 Å². The first-order valence-electron chi connectivity index (χ1n) is 6.00. The van der Waals surface area contributed by atoms with Gasteiger partial charge >= 0.3 is 6.39 Å². The quantitative estimate of drug-likeness (QED) is 0.439. The smallest absolute Gasteiger partial charge is 0.334 e. The lowest BCUT2D eigenvalue weighted by atomic mass is 10.2. The van der Waals surface area contributed by atoms with Crippen LogP contribution in [0.25, 0.3) is 0 Å². The Balaban J connectivity index is 1.98. The minimum absolute atomic E-state index is 0.214. The SMILES string of the molecule is CCC(CNC1=C([N+](=O)[O-])CCN1)[n+]1ccoc1. The van der Waals surface area contributed by atoms with E-state index in [-0.39, 0.29) is 16.7 Å². The van der Waals surface area contributed by atoms with E-state index in [0.717, 1.165) is 6.42 Å². The van der Waals surface area contributed by atoms with Crippen molar-refractivity contribution in [1.29, 1.82) is 0 Å². The first-order valence-corrected chi connectivity index (χ1v) is 6.00. The normalized spacial score (nSPS) is 16.5. The molecule has 0 fully saturated rings. The molecule has 1 aliphatic heterocycles. The molecule has 2 heterocycles. The lowest BCUT2D eigenvalue weighted by molar-refractivity contribution is -0.724. The van der Waals surface area contributed by atoms with Gasteiger partial charge in [0.25, 0.3) is 5.70 Å². The molecule has 18 heavy (non-hydrogen) atoms. The van der Waals surface area contributed by atoms with E-state index in [1.807, 2.05) is 10.8 Å². The van der Waals surface area contributed by atoms with Gasteiger partial charge in [-0.15, -0.1) is 0 Å². The Hall–Kier alpha value is -2.05. The number of hydrogen-bond acceptors (Lipinski definition) is 5. The highest BCUT2D eigenvalue weighted by Gasteiger charge is 2.26. The van der Waals surface area contributed by atoms with Crippen molar-refractivity contribution in [2.75, 3.05) is 13.1 Å². The van der Waals surface area contributed by atoms with Crippen LogP contribution < -0.4 is 15.2 Å². The van der Waals surface area contributed by atoms with Gasteiger partial charge in [-0.05, 0) is 0 Å². The van der Waals surface area contributed by atoms with Crippen molar-refractivity contribution in [2.24, 2.45) is 0 Å². The van der Waals surface area contributed by atoms with Gasteiger partial charge in [-0.25, -0.2) is 0 Å². The van der Waals surface area contributed by atoms with Gasteiger partial charge < -0.3 is 15.1 Å². The summed E-state index contributed by atoms with van der Waals surface area (Å²) in [6, 6.07) is 0.214. The maximum absolute atomic E-state index is 10.8. The van der Waals surface area contributed by atoms with Crippen molar-refractivity contribution in [3.05, 3.63) is 40.5 Å². The van der Waals surface area contributed by atoms with Crippen molar-refractivity contribution in [3.63, 3.8) is 0 Å². The average Bonchev–Trinajstić information content (AvgIpc) is 2.99. The molecule has 1 aromatic heterocycles. The summed E-state index contributed by atoms with van der Waals surface area (Å²) >= 11 is 0. The molecule has 0 aromatic carbocycles. The van der Waals surface area contributed by atoms with E-state index in [1.165, 1.54) is 0 Å². The molecule has 7 nitrogen and oxygen atoms in total. The summed E-state index contributed by atoms with van der Waals surface area (Å²) in [5.74, 6) is 0.544. The van der Waals surface area contributed by atoms with E-state index in [4.69, 9.17) is 4.42 Å². The molecule has 2 rings (SSSR count). The van der Waals surface area contributed by atoms with Crippen LogP contribution in [0, 0.1) is 10.1 Å². The van der Waals surface area contributed by atoms with Crippen LogP contribution >= 0.6 is 0 Å². The van der Waals surface area contributed by atoms with Crippen molar-refractivity contribution < 1.29 is 13.9 Å². The van der Waals surface area contributed by atoms with Gasteiger partial charge in [0.2, 0.25) is 6.20 Å². The van der Waals surface area contributed by atoms with Gasteiger partial charge in [0.1, 0.15) is 0 Å². The van der Waals surface area contributed by atoms with E-state index < -0.39 is 0 Å². The van der Waals surface area contributed by atoms with Crippen LogP contribution in [0.3, 0.4) is 0 Å². The van der Waals surface area contributed by atoms with E-state index >= 15 is 0 Å². The molecular formula is C11H17N4O3+. The van der Waals surface area contributed by atoms with Crippen molar-refractivity contribution in [1.82, 2.24) is 10.6 Å². The van der Waals surface area contributed by atoms with Crippen LogP contribution in [0.5, 0.6) is 0 Å². The molecule has 1 atom stereocenters. The summed E-state index contributed by atoms with van der Waals surface area (Å²) < 4.78 is 6.98. The number of rotatable bonds is 6. The Morgan fingerprint density at radius 2 is 2.56 bits per heavy atom. The molecule has 7 heteroatoms. The van der Waals surface area contributed by atoms with Crippen LogP contribution in [0.1, 0.15) is 25.8 Å².